The molecule has 1 aliphatic rings. The number of aromatic nitrogens is 2. The van der Waals surface area contributed by atoms with E-state index in [1.165, 1.54) is 4.68 Å². The first kappa shape index (κ1) is 15.5. The zero-order valence-corrected chi connectivity index (χ0v) is 13.7. The standard InChI is InChI=1S/C13H21BrN4O2/c1-9-8-17(10(2)6-15-9)11-7-16-18(4-5-20-3)13(19)12(11)14/h7,9-10,15H,4-6,8H2,1-3H3. The van der Waals surface area contributed by atoms with Gasteiger partial charge in [0.2, 0.25) is 0 Å². The highest BCUT2D eigenvalue weighted by Gasteiger charge is 2.25. The van der Waals surface area contributed by atoms with Crippen molar-refractivity contribution in [1.82, 2.24) is 15.1 Å². The van der Waals surface area contributed by atoms with Crippen molar-refractivity contribution < 1.29 is 4.74 Å². The molecule has 0 spiro atoms. The molecule has 1 aromatic rings. The van der Waals surface area contributed by atoms with Crippen molar-refractivity contribution in [1.29, 1.82) is 0 Å². The summed E-state index contributed by atoms with van der Waals surface area (Å²) in [7, 11) is 1.61. The van der Waals surface area contributed by atoms with Gasteiger partial charge in [-0.2, -0.15) is 5.10 Å². The van der Waals surface area contributed by atoms with Gasteiger partial charge in [0.05, 0.1) is 25.0 Å². The normalized spacial score (nSPS) is 23.1. The fraction of sp³-hybridized carbons (Fsp3) is 0.692. The van der Waals surface area contributed by atoms with E-state index >= 15 is 0 Å². The number of piperazine rings is 1. The second-order valence-electron chi connectivity index (χ2n) is 5.18. The average molecular weight is 345 g/mol. The van der Waals surface area contributed by atoms with Crippen LogP contribution in [0.1, 0.15) is 13.8 Å². The molecule has 0 aromatic carbocycles. The first-order chi connectivity index (χ1) is 9.54. The number of nitrogens with one attached hydrogen (secondary N) is 1. The molecule has 2 rings (SSSR count). The Morgan fingerprint density at radius 2 is 2.30 bits per heavy atom. The molecule has 0 bridgehead atoms. The third kappa shape index (κ3) is 3.21. The van der Waals surface area contributed by atoms with E-state index in [2.05, 4.69) is 45.1 Å². The molecule has 0 radical (unpaired) electrons. The van der Waals surface area contributed by atoms with E-state index in [1.54, 1.807) is 13.3 Å². The lowest BCUT2D eigenvalue weighted by molar-refractivity contribution is 0.181. The van der Waals surface area contributed by atoms with Crippen molar-refractivity contribution in [3.8, 4) is 0 Å². The van der Waals surface area contributed by atoms with Crippen molar-refractivity contribution >= 4 is 21.6 Å². The number of methoxy groups -OCH3 is 1. The number of rotatable bonds is 4. The van der Waals surface area contributed by atoms with Crippen molar-refractivity contribution in [2.45, 2.75) is 32.5 Å². The van der Waals surface area contributed by atoms with Crippen LogP contribution in [0.2, 0.25) is 0 Å². The SMILES string of the molecule is COCCn1ncc(N2CC(C)NCC2C)c(Br)c1=O. The van der Waals surface area contributed by atoms with Gasteiger partial charge in [-0.15, -0.1) is 0 Å². The number of hydrogen-bond donors (Lipinski definition) is 1. The Morgan fingerprint density at radius 1 is 1.55 bits per heavy atom. The van der Waals surface area contributed by atoms with Gasteiger partial charge in [0.15, 0.2) is 0 Å². The van der Waals surface area contributed by atoms with Gasteiger partial charge < -0.3 is 15.0 Å². The van der Waals surface area contributed by atoms with Crippen LogP contribution in [0.4, 0.5) is 5.69 Å². The highest BCUT2D eigenvalue weighted by molar-refractivity contribution is 9.10. The van der Waals surface area contributed by atoms with Crippen molar-refractivity contribution in [3.63, 3.8) is 0 Å². The lowest BCUT2D eigenvalue weighted by Gasteiger charge is -2.39. The summed E-state index contributed by atoms with van der Waals surface area (Å²) in [5.74, 6) is 0. The molecule has 1 N–H and O–H groups in total. The topological polar surface area (TPSA) is 59.4 Å². The Hall–Kier alpha value is -0.920. The molecule has 20 heavy (non-hydrogen) atoms. The highest BCUT2D eigenvalue weighted by atomic mass is 79.9. The molecule has 7 heteroatoms. The van der Waals surface area contributed by atoms with Crippen LogP contribution < -0.4 is 15.8 Å². The van der Waals surface area contributed by atoms with Gasteiger partial charge in [0.25, 0.3) is 5.56 Å². The van der Waals surface area contributed by atoms with Crippen LogP contribution in [0.3, 0.4) is 0 Å². The van der Waals surface area contributed by atoms with Gasteiger partial charge in [0, 0.05) is 32.3 Å². The molecule has 1 aromatic heterocycles. The fourth-order valence-corrected chi connectivity index (χ4v) is 2.89. The van der Waals surface area contributed by atoms with Crippen LogP contribution in [-0.4, -0.2) is 48.7 Å². The van der Waals surface area contributed by atoms with Gasteiger partial charge in [-0.1, -0.05) is 0 Å². The predicted octanol–water partition coefficient (Wildman–Crippen LogP) is 0.839. The van der Waals surface area contributed by atoms with E-state index in [1.807, 2.05) is 0 Å². The van der Waals surface area contributed by atoms with Crippen molar-refractivity contribution in [3.05, 3.63) is 21.0 Å². The molecule has 0 amide bonds. The van der Waals surface area contributed by atoms with Crippen molar-refractivity contribution in [2.24, 2.45) is 0 Å². The number of ether oxygens (including phenoxy) is 1. The summed E-state index contributed by atoms with van der Waals surface area (Å²) in [5, 5.41) is 7.67. The van der Waals surface area contributed by atoms with Gasteiger partial charge in [-0.3, -0.25) is 4.79 Å². The van der Waals surface area contributed by atoms with Crippen LogP contribution >= 0.6 is 15.9 Å². The van der Waals surface area contributed by atoms with E-state index in [9.17, 15) is 4.79 Å². The summed E-state index contributed by atoms with van der Waals surface area (Å²) in [4.78, 5) is 14.5. The molecule has 0 aliphatic carbocycles. The first-order valence-corrected chi connectivity index (χ1v) is 7.58. The minimum Gasteiger partial charge on any atom is -0.383 e. The summed E-state index contributed by atoms with van der Waals surface area (Å²) in [6, 6.07) is 0.729. The van der Waals surface area contributed by atoms with Crippen molar-refractivity contribution in [2.75, 3.05) is 31.7 Å². The van der Waals surface area contributed by atoms with Crippen LogP contribution in [-0.2, 0) is 11.3 Å². The van der Waals surface area contributed by atoms with E-state index in [0.717, 1.165) is 18.8 Å². The van der Waals surface area contributed by atoms with Gasteiger partial charge in [0.1, 0.15) is 4.47 Å². The molecule has 1 saturated heterocycles. The Morgan fingerprint density at radius 3 is 3.00 bits per heavy atom. The van der Waals surface area contributed by atoms with Crippen LogP contribution in [0.25, 0.3) is 0 Å². The lowest BCUT2D eigenvalue weighted by Crippen LogP contribution is -2.55. The molecule has 2 atom stereocenters. The zero-order valence-electron chi connectivity index (χ0n) is 12.1. The van der Waals surface area contributed by atoms with Crippen LogP contribution in [0.5, 0.6) is 0 Å². The predicted molar refractivity (Wildman–Crippen MR) is 82.3 cm³/mol. The zero-order chi connectivity index (χ0) is 14.7. The first-order valence-electron chi connectivity index (χ1n) is 6.79. The molecule has 1 fully saturated rings. The maximum Gasteiger partial charge on any atom is 0.283 e. The summed E-state index contributed by atoms with van der Waals surface area (Å²) in [5.41, 5.74) is 0.752. The Kier molecular flexibility index (Phi) is 5.17. The number of halogens is 1. The van der Waals surface area contributed by atoms with E-state index in [-0.39, 0.29) is 5.56 Å². The van der Waals surface area contributed by atoms with Gasteiger partial charge in [-0.05, 0) is 29.8 Å². The van der Waals surface area contributed by atoms with Crippen LogP contribution in [0.15, 0.2) is 15.5 Å². The third-order valence-corrected chi connectivity index (χ3v) is 4.29. The molecule has 6 nitrogen and oxygen atoms in total. The quantitative estimate of drug-likeness (QED) is 0.876. The van der Waals surface area contributed by atoms with E-state index in [0.29, 0.717) is 29.7 Å². The third-order valence-electron chi connectivity index (χ3n) is 3.55. The number of anilines is 1. The maximum absolute atomic E-state index is 12.3. The summed E-state index contributed by atoms with van der Waals surface area (Å²) in [6.45, 7) is 6.98. The largest absolute Gasteiger partial charge is 0.383 e. The van der Waals surface area contributed by atoms with Gasteiger partial charge >= 0.3 is 0 Å². The monoisotopic (exact) mass is 344 g/mol. The molecular weight excluding hydrogens is 324 g/mol. The summed E-state index contributed by atoms with van der Waals surface area (Å²) in [6.07, 6.45) is 1.76. The highest BCUT2D eigenvalue weighted by Crippen LogP contribution is 2.25. The Bertz CT molecular complexity index is 520. The minimum atomic E-state index is -0.113. The Labute approximate surface area is 127 Å². The molecule has 0 saturated carbocycles. The Balaban J connectivity index is 2.28. The number of nitrogens with zero attached hydrogens (tertiary/aromatic N) is 3. The molecule has 1 aliphatic heterocycles. The molecule has 2 heterocycles. The lowest BCUT2D eigenvalue weighted by atomic mass is 10.1. The smallest absolute Gasteiger partial charge is 0.283 e. The molecule has 112 valence electrons. The minimum absolute atomic E-state index is 0.113. The van der Waals surface area contributed by atoms with E-state index < -0.39 is 0 Å². The summed E-state index contributed by atoms with van der Waals surface area (Å²) >= 11 is 3.43. The second kappa shape index (κ2) is 6.69. The van der Waals surface area contributed by atoms with Gasteiger partial charge in [-0.25, -0.2) is 4.68 Å². The maximum atomic E-state index is 12.3. The summed E-state index contributed by atoms with van der Waals surface area (Å²) < 4.78 is 6.98. The second-order valence-corrected chi connectivity index (χ2v) is 5.97. The molecule has 2 unspecified atom stereocenters. The molecular formula is C13H21BrN4O2. The number of hydrogen-bond acceptors (Lipinski definition) is 5. The average Bonchev–Trinajstić information content (AvgIpc) is 2.43. The fourth-order valence-electron chi connectivity index (χ4n) is 2.35. The van der Waals surface area contributed by atoms with E-state index in [4.69, 9.17) is 4.74 Å². The van der Waals surface area contributed by atoms with Crippen LogP contribution in [0, 0.1) is 0 Å².